The minimum Gasteiger partial charge on any atom is -0.411 e. The van der Waals surface area contributed by atoms with E-state index < -0.39 is 0 Å². The van der Waals surface area contributed by atoms with Gasteiger partial charge >= 0.3 is 0 Å². The summed E-state index contributed by atoms with van der Waals surface area (Å²) < 4.78 is 5.66. The summed E-state index contributed by atoms with van der Waals surface area (Å²) in [5, 5.41) is 12.5. The number of methoxy groups -OCH3 is 1. The number of hydrogen-bond acceptors (Lipinski definition) is 3. The van der Waals surface area contributed by atoms with Crippen molar-refractivity contribution in [2.45, 2.75) is 45.1 Å². The molecule has 3 rings (SSSR count). The maximum atomic E-state index is 9.01. The molecule has 0 aromatic carbocycles. The van der Waals surface area contributed by atoms with E-state index in [2.05, 4.69) is 19.0 Å². The van der Waals surface area contributed by atoms with Crippen LogP contribution in [-0.2, 0) is 4.74 Å². The van der Waals surface area contributed by atoms with Crippen molar-refractivity contribution in [1.82, 2.24) is 0 Å². The van der Waals surface area contributed by atoms with Crippen molar-refractivity contribution < 1.29 is 9.94 Å². The number of rotatable bonds is 1. The van der Waals surface area contributed by atoms with Gasteiger partial charge in [-0.05, 0) is 25.2 Å². The molecule has 3 saturated carbocycles. The number of oxime groups is 1. The zero-order valence-electron chi connectivity index (χ0n) is 9.21. The molecule has 0 saturated heterocycles. The Morgan fingerprint density at radius 2 is 2.21 bits per heavy atom. The minimum atomic E-state index is -0.0562. The Balaban J connectivity index is 2.35. The number of hydrogen-bond donors (Lipinski definition) is 1. The van der Waals surface area contributed by atoms with E-state index in [1.165, 1.54) is 0 Å². The highest BCUT2D eigenvalue weighted by molar-refractivity contribution is 5.92. The average Bonchev–Trinajstić information content (AvgIpc) is 2.18. The van der Waals surface area contributed by atoms with Gasteiger partial charge in [0.05, 0.1) is 11.3 Å². The van der Waals surface area contributed by atoms with E-state index in [0.717, 1.165) is 31.4 Å². The lowest BCUT2D eigenvalue weighted by atomic mass is 9.54. The summed E-state index contributed by atoms with van der Waals surface area (Å²) >= 11 is 0. The van der Waals surface area contributed by atoms with Crippen LogP contribution in [0.4, 0.5) is 0 Å². The first-order valence-corrected chi connectivity index (χ1v) is 5.33. The van der Waals surface area contributed by atoms with Gasteiger partial charge in [0.2, 0.25) is 0 Å². The molecule has 3 atom stereocenters. The maximum absolute atomic E-state index is 9.01. The summed E-state index contributed by atoms with van der Waals surface area (Å²) in [6.07, 6.45) is 4.07. The van der Waals surface area contributed by atoms with Crippen LogP contribution in [0, 0.1) is 11.3 Å². The molecule has 0 aromatic heterocycles. The van der Waals surface area contributed by atoms with E-state index in [4.69, 9.17) is 9.94 Å². The second-order valence-corrected chi connectivity index (χ2v) is 5.16. The predicted octanol–water partition coefficient (Wildman–Crippen LogP) is 2.43. The van der Waals surface area contributed by atoms with Crippen molar-refractivity contribution in [3.05, 3.63) is 0 Å². The van der Waals surface area contributed by atoms with Gasteiger partial charge < -0.3 is 9.94 Å². The standard InChI is InChI=1S/C11H19NO2/c1-8-6-10(2)4-5-11(8,14-3)7-9(10)12-13/h8,13H,4-7H2,1-3H3/b12-9+. The third kappa shape index (κ3) is 1.11. The lowest BCUT2D eigenvalue weighted by molar-refractivity contribution is -0.106. The maximum Gasteiger partial charge on any atom is 0.0758 e. The fraction of sp³-hybridized carbons (Fsp3) is 0.909. The van der Waals surface area contributed by atoms with Gasteiger partial charge in [-0.25, -0.2) is 0 Å². The van der Waals surface area contributed by atoms with Crippen molar-refractivity contribution >= 4 is 5.71 Å². The molecule has 0 amide bonds. The molecule has 3 fully saturated rings. The van der Waals surface area contributed by atoms with Crippen molar-refractivity contribution in [1.29, 1.82) is 0 Å². The van der Waals surface area contributed by atoms with Gasteiger partial charge in [-0.1, -0.05) is 19.0 Å². The van der Waals surface area contributed by atoms with Crippen LogP contribution in [0.1, 0.15) is 39.5 Å². The van der Waals surface area contributed by atoms with Gasteiger partial charge in [0.1, 0.15) is 0 Å². The molecule has 0 spiro atoms. The second-order valence-electron chi connectivity index (χ2n) is 5.16. The van der Waals surface area contributed by atoms with Gasteiger partial charge in [0.15, 0.2) is 0 Å². The molecule has 0 aromatic rings. The van der Waals surface area contributed by atoms with Gasteiger partial charge in [-0.2, -0.15) is 0 Å². The molecule has 2 bridgehead atoms. The monoisotopic (exact) mass is 197 g/mol. The third-order valence-corrected chi connectivity index (χ3v) is 4.45. The van der Waals surface area contributed by atoms with Crippen LogP contribution >= 0.6 is 0 Å². The third-order valence-electron chi connectivity index (χ3n) is 4.45. The smallest absolute Gasteiger partial charge is 0.0758 e. The van der Waals surface area contributed by atoms with E-state index in [0.29, 0.717) is 5.92 Å². The molecule has 80 valence electrons. The van der Waals surface area contributed by atoms with Crippen LogP contribution < -0.4 is 0 Å². The Hall–Kier alpha value is -0.570. The summed E-state index contributed by atoms with van der Waals surface area (Å²) in [6, 6.07) is 0. The number of fused-ring (bicyclic) bond motifs is 3. The molecule has 3 heteroatoms. The van der Waals surface area contributed by atoms with Crippen molar-refractivity contribution in [3.63, 3.8) is 0 Å². The first kappa shape index (κ1) is 9.97. The molecule has 3 unspecified atom stereocenters. The largest absolute Gasteiger partial charge is 0.411 e. The summed E-state index contributed by atoms with van der Waals surface area (Å²) in [5.41, 5.74) is 0.997. The van der Waals surface area contributed by atoms with Crippen LogP contribution in [0.3, 0.4) is 0 Å². The van der Waals surface area contributed by atoms with Crippen LogP contribution in [0.5, 0.6) is 0 Å². The zero-order chi connectivity index (χ0) is 10.4. The Labute approximate surface area is 85.1 Å². The highest BCUT2D eigenvalue weighted by Crippen LogP contribution is 2.54. The van der Waals surface area contributed by atoms with Gasteiger partial charge in [-0.3, -0.25) is 0 Å². The molecule has 0 heterocycles. The molecule has 3 nitrogen and oxygen atoms in total. The van der Waals surface area contributed by atoms with E-state index in [1.807, 2.05) is 0 Å². The fourth-order valence-electron chi connectivity index (χ4n) is 3.25. The molecule has 1 N–H and O–H groups in total. The van der Waals surface area contributed by atoms with E-state index in [1.54, 1.807) is 7.11 Å². The summed E-state index contributed by atoms with van der Waals surface area (Å²) in [6.45, 7) is 4.45. The van der Waals surface area contributed by atoms with Crippen molar-refractivity contribution in [2.24, 2.45) is 16.5 Å². The molecule has 3 aliphatic carbocycles. The fourth-order valence-corrected chi connectivity index (χ4v) is 3.25. The molecular formula is C11H19NO2. The average molecular weight is 197 g/mol. The molecule has 3 aliphatic rings. The van der Waals surface area contributed by atoms with Crippen molar-refractivity contribution in [2.75, 3.05) is 7.11 Å². The Kier molecular flexibility index (Phi) is 2.11. The lowest BCUT2D eigenvalue weighted by Crippen LogP contribution is -2.56. The Morgan fingerprint density at radius 3 is 2.71 bits per heavy atom. The van der Waals surface area contributed by atoms with Crippen LogP contribution in [0.25, 0.3) is 0 Å². The molecule has 0 radical (unpaired) electrons. The van der Waals surface area contributed by atoms with E-state index >= 15 is 0 Å². The highest BCUT2D eigenvalue weighted by atomic mass is 16.5. The topological polar surface area (TPSA) is 41.8 Å². The quantitative estimate of drug-likeness (QED) is 0.518. The van der Waals surface area contributed by atoms with E-state index in [9.17, 15) is 0 Å². The first-order valence-electron chi connectivity index (χ1n) is 5.33. The SMILES string of the molecule is COC12CCC(C)(CC1C)/C(=N/O)C2. The second kappa shape index (κ2) is 2.96. The summed E-state index contributed by atoms with van der Waals surface area (Å²) in [4.78, 5) is 0. The van der Waals surface area contributed by atoms with Crippen LogP contribution in [-0.4, -0.2) is 23.6 Å². The first-order chi connectivity index (χ1) is 6.56. The van der Waals surface area contributed by atoms with Crippen LogP contribution in [0.2, 0.25) is 0 Å². The molecule has 0 aliphatic heterocycles. The van der Waals surface area contributed by atoms with Gasteiger partial charge in [0, 0.05) is 18.9 Å². The minimum absolute atomic E-state index is 0.0562. The van der Waals surface area contributed by atoms with E-state index in [-0.39, 0.29) is 11.0 Å². The lowest BCUT2D eigenvalue weighted by Gasteiger charge is -2.55. The van der Waals surface area contributed by atoms with Crippen molar-refractivity contribution in [3.8, 4) is 0 Å². The Morgan fingerprint density at radius 1 is 1.50 bits per heavy atom. The zero-order valence-corrected chi connectivity index (χ0v) is 9.21. The molecular weight excluding hydrogens is 178 g/mol. The predicted molar refractivity (Wildman–Crippen MR) is 54.7 cm³/mol. The normalized spacial score (nSPS) is 49.9. The van der Waals surface area contributed by atoms with Gasteiger partial charge in [-0.15, -0.1) is 0 Å². The summed E-state index contributed by atoms with van der Waals surface area (Å²) in [5.74, 6) is 0.566. The highest BCUT2D eigenvalue weighted by Gasteiger charge is 2.54. The molecule has 14 heavy (non-hydrogen) atoms. The summed E-state index contributed by atoms with van der Waals surface area (Å²) in [7, 11) is 1.78. The number of ether oxygens (including phenoxy) is 1. The van der Waals surface area contributed by atoms with Gasteiger partial charge in [0.25, 0.3) is 0 Å². The van der Waals surface area contributed by atoms with Crippen LogP contribution in [0.15, 0.2) is 5.16 Å². The Bertz CT molecular complexity index is 276. The number of nitrogens with zero attached hydrogens (tertiary/aromatic N) is 1.